The zero-order valence-corrected chi connectivity index (χ0v) is 15.0. The van der Waals surface area contributed by atoms with Crippen LogP contribution in [0.25, 0.3) is 0 Å². The molecule has 0 spiro atoms. The van der Waals surface area contributed by atoms with Gasteiger partial charge in [0, 0.05) is 59.7 Å². The van der Waals surface area contributed by atoms with Gasteiger partial charge in [0.1, 0.15) is 5.82 Å². The maximum Gasteiger partial charge on any atom is 0.254 e. The van der Waals surface area contributed by atoms with Gasteiger partial charge in [0.15, 0.2) is 0 Å². The van der Waals surface area contributed by atoms with Gasteiger partial charge in [-0.2, -0.15) is 4.37 Å². The van der Waals surface area contributed by atoms with E-state index in [1.54, 1.807) is 18.2 Å². The molecule has 2 heterocycles. The fraction of sp³-hybridized carbons (Fsp3) is 0.400. The van der Waals surface area contributed by atoms with Crippen LogP contribution in [0.4, 0.5) is 5.13 Å². The number of aromatic nitrogens is 2. The Labute approximate surface area is 149 Å². The Morgan fingerprint density at radius 1 is 1.17 bits per heavy atom. The molecule has 1 aromatic heterocycles. The Balaban J connectivity index is 1.65. The number of carbonyl (C=O) groups excluding carboxylic acids is 1. The van der Waals surface area contributed by atoms with E-state index in [2.05, 4.69) is 14.3 Å². The molecule has 0 atom stereocenters. The molecular weight excluding hydrogens is 355 g/mol. The second-order valence-corrected chi connectivity index (χ2v) is 6.89. The minimum absolute atomic E-state index is 0.0411. The third-order valence-electron chi connectivity index (χ3n) is 3.72. The lowest BCUT2D eigenvalue weighted by molar-refractivity contribution is 0.0747. The van der Waals surface area contributed by atoms with Crippen molar-refractivity contribution in [1.82, 2.24) is 14.3 Å². The SMILES string of the molecule is CCc1nsc(N2CCN(C(=O)c3cc(Cl)cc(Cl)c3)CC2)n1. The van der Waals surface area contributed by atoms with Crippen LogP contribution in [0.1, 0.15) is 23.1 Å². The van der Waals surface area contributed by atoms with E-state index in [9.17, 15) is 4.79 Å². The van der Waals surface area contributed by atoms with Crippen LogP contribution in [0.15, 0.2) is 18.2 Å². The first-order valence-electron chi connectivity index (χ1n) is 7.39. The van der Waals surface area contributed by atoms with Crippen molar-refractivity contribution in [1.29, 1.82) is 0 Å². The number of nitrogens with zero attached hydrogens (tertiary/aromatic N) is 4. The molecule has 0 radical (unpaired) electrons. The molecular formula is C15H16Cl2N4OS. The monoisotopic (exact) mass is 370 g/mol. The van der Waals surface area contributed by atoms with Crippen LogP contribution in [0.3, 0.4) is 0 Å². The van der Waals surface area contributed by atoms with Gasteiger partial charge in [-0.3, -0.25) is 4.79 Å². The van der Waals surface area contributed by atoms with E-state index < -0.39 is 0 Å². The summed E-state index contributed by atoms with van der Waals surface area (Å²) in [6.07, 6.45) is 0.838. The van der Waals surface area contributed by atoms with E-state index in [0.717, 1.165) is 30.5 Å². The summed E-state index contributed by atoms with van der Waals surface area (Å²) in [5.41, 5.74) is 0.528. The fourth-order valence-corrected chi connectivity index (χ4v) is 3.80. The summed E-state index contributed by atoms with van der Waals surface area (Å²) in [6.45, 7) is 4.82. The summed E-state index contributed by atoms with van der Waals surface area (Å²) in [5.74, 6) is 0.831. The van der Waals surface area contributed by atoms with Crippen molar-refractivity contribution in [2.24, 2.45) is 0 Å². The predicted octanol–water partition coefficient (Wildman–Crippen LogP) is 3.37. The Bertz CT molecular complexity index is 693. The average Bonchev–Trinajstić information content (AvgIpc) is 3.02. The molecule has 0 aliphatic carbocycles. The minimum atomic E-state index is -0.0411. The van der Waals surface area contributed by atoms with Crippen molar-refractivity contribution in [3.8, 4) is 0 Å². The Morgan fingerprint density at radius 3 is 2.39 bits per heavy atom. The average molecular weight is 371 g/mol. The summed E-state index contributed by atoms with van der Waals surface area (Å²) < 4.78 is 4.31. The van der Waals surface area contributed by atoms with E-state index in [-0.39, 0.29) is 5.91 Å². The molecule has 0 saturated carbocycles. The van der Waals surface area contributed by atoms with E-state index in [1.807, 2.05) is 11.8 Å². The molecule has 2 aromatic rings. The highest BCUT2D eigenvalue weighted by Crippen LogP contribution is 2.22. The molecule has 1 aliphatic heterocycles. The smallest absolute Gasteiger partial charge is 0.254 e. The zero-order valence-electron chi connectivity index (χ0n) is 12.6. The molecule has 1 saturated heterocycles. The van der Waals surface area contributed by atoms with E-state index in [1.165, 1.54) is 11.5 Å². The fourth-order valence-electron chi connectivity index (χ4n) is 2.48. The topological polar surface area (TPSA) is 49.3 Å². The Hall–Kier alpha value is -1.37. The number of halogens is 2. The summed E-state index contributed by atoms with van der Waals surface area (Å²) >= 11 is 13.4. The van der Waals surface area contributed by atoms with Gasteiger partial charge in [-0.1, -0.05) is 30.1 Å². The normalized spacial score (nSPS) is 15.1. The number of piperazine rings is 1. The van der Waals surface area contributed by atoms with Gasteiger partial charge < -0.3 is 9.80 Å². The second-order valence-electron chi connectivity index (χ2n) is 5.28. The van der Waals surface area contributed by atoms with Crippen molar-refractivity contribution in [2.75, 3.05) is 31.1 Å². The molecule has 1 amide bonds. The largest absolute Gasteiger partial charge is 0.343 e. The number of amides is 1. The molecule has 23 heavy (non-hydrogen) atoms. The molecule has 3 rings (SSSR count). The van der Waals surface area contributed by atoms with E-state index in [4.69, 9.17) is 23.2 Å². The first-order valence-corrected chi connectivity index (χ1v) is 8.92. The van der Waals surface area contributed by atoms with E-state index in [0.29, 0.717) is 28.7 Å². The number of benzene rings is 1. The number of hydrogen-bond acceptors (Lipinski definition) is 5. The molecule has 0 unspecified atom stereocenters. The summed E-state index contributed by atoms with van der Waals surface area (Å²) in [6, 6.07) is 4.93. The molecule has 1 fully saturated rings. The molecule has 0 bridgehead atoms. The molecule has 8 heteroatoms. The van der Waals surface area contributed by atoms with Crippen LogP contribution in [-0.4, -0.2) is 46.3 Å². The predicted molar refractivity (Wildman–Crippen MR) is 93.9 cm³/mol. The van der Waals surface area contributed by atoms with Crippen molar-refractivity contribution in [3.05, 3.63) is 39.6 Å². The first kappa shape index (κ1) is 16.5. The highest BCUT2D eigenvalue weighted by Gasteiger charge is 2.24. The summed E-state index contributed by atoms with van der Waals surface area (Å²) in [7, 11) is 0. The Kier molecular flexibility index (Phi) is 5.04. The number of hydrogen-bond donors (Lipinski definition) is 0. The maximum absolute atomic E-state index is 12.6. The molecule has 1 aromatic carbocycles. The van der Waals surface area contributed by atoms with Crippen LogP contribution in [0.2, 0.25) is 10.0 Å². The van der Waals surface area contributed by atoms with Crippen LogP contribution in [0.5, 0.6) is 0 Å². The van der Waals surface area contributed by atoms with Gasteiger partial charge in [0.25, 0.3) is 5.91 Å². The lowest BCUT2D eigenvalue weighted by Crippen LogP contribution is -2.48. The van der Waals surface area contributed by atoms with Crippen molar-refractivity contribution >= 4 is 45.8 Å². The third kappa shape index (κ3) is 3.76. The van der Waals surface area contributed by atoms with E-state index >= 15 is 0 Å². The van der Waals surface area contributed by atoms with Gasteiger partial charge in [-0.05, 0) is 18.2 Å². The Morgan fingerprint density at radius 2 is 1.83 bits per heavy atom. The first-order chi connectivity index (χ1) is 11.1. The highest BCUT2D eigenvalue weighted by molar-refractivity contribution is 7.09. The minimum Gasteiger partial charge on any atom is -0.343 e. The third-order valence-corrected chi connectivity index (χ3v) is 4.97. The number of anilines is 1. The zero-order chi connectivity index (χ0) is 16.4. The summed E-state index contributed by atoms with van der Waals surface area (Å²) in [4.78, 5) is 21.1. The lowest BCUT2D eigenvalue weighted by atomic mass is 10.2. The van der Waals surface area contributed by atoms with Gasteiger partial charge in [-0.25, -0.2) is 4.98 Å². The van der Waals surface area contributed by atoms with Crippen LogP contribution < -0.4 is 4.90 Å². The van der Waals surface area contributed by atoms with Crippen molar-refractivity contribution < 1.29 is 4.79 Å². The van der Waals surface area contributed by atoms with Crippen molar-refractivity contribution in [2.45, 2.75) is 13.3 Å². The summed E-state index contributed by atoms with van der Waals surface area (Å²) in [5, 5.41) is 1.88. The maximum atomic E-state index is 12.6. The lowest BCUT2D eigenvalue weighted by Gasteiger charge is -2.34. The molecule has 1 aliphatic rings. The number of aryl methyl sites for hydroxylation is 1. The molecule has 0 N–H and O–H groups in total. The number of carbonyl (C=O) groups is 1. The standard InChI is InChI=1S/C15H16Cl2N4OS/c1-2-13-18-15(23-19-13)21-5-3-20(4-6-21)14(22)10-7-11(16)9-12(17)8-10/h7-9H,2-6H2,1H3. The molecule has 122 valence electrons. The number of rotatable bonds is 3. The van der Waals surface area contributed by atoms with Crippen LogP contribution in [0, 0.1) is 0 Å². The second kappa shape index (κ2) is 7.03. The van der Waals surface area contributed by atoms with Crippen LogP contribution in [-0.2, 0) is 6.42 Å². The van der Waals surface area contributed by atoms with Crippen molar-refractivity contribution in [3.63, 3.8) is 0 Å². The van der Waals surface area contributed by atoms with Gasteiger partial charge in [0.05, 0.1) is 0 Å². The quantitative estimate of drug-likeness (QED) is 0.830. The van der Waals surface area contributed by atoms with Gasteiger partial charge in [-0.15, -0.1) is 0 Å². The highest BCUT2D eigenvalue weighted by atomic mass is 35.5. The molecule has 5 nitrogen and oxygen atoms in total. The van der Waals surface area contributed by atoms with Crippen LogP contribution >= 0.6 is 34.7 Å². The van der Waals surface area contributed by atoms with Gasteiger partial charge >= 0.3 is 0 Å². The van der Waals surface area contributed by atoms with Gasteiger partial charge in [0.2, 0.25) is 5.13 Å².